The Hall–Kier alpha value is -2.36. The predicted molar refractivity (Wildman–Crippen MR) is 81.8 cm³/mol. The normalized spacial score (nSPS) is 17.1. The van der Waals surface area contributed by atoms with E-state index < -0.39 is 0 Å². The summed E-state index contributed by atoms with van der Waals surface area (Å²) < 4.78 is 5.20. The van der Waals surface area contributed by atoms with Gasteiger partial charge in [0, 0.05) is 24.6 Å². The Morgan fingerprint density at radius 3 is 2.81 bits per heavy atom. The van der Waals surface area contributed by atoms with Crippen molar-refractivity contribution in [3.63, 3.8) is 0 Å². The Labute approximate surface area is 123 Å². The zero-order valence-corrected chi connectivity index (χ0v) is 12.0. The van der Waals surface area contributed by atoms with Crippen LogP contribution in [0.2, 0.25) is 0 Å². The van der Waals surface area contributed by atoms with E-state index in [2.05, 4.69) is 22.5 Å². The van der Waals surface area contributed by atoms with Gasteiger partial charge in [-0.05, 0) is 30.9 Å². The van der Waals surface area contributed by atoms with E-state index in [1.54, 1.807) is 6.26 Å². The Balaban J connectivity index is 1.61. The number of benzene rings is 1. The van der Waals surface area contributed by atoms with Crippen molar-refractivity contribution in [1.82, 2.24) is 4.98 Å². The number of amides is 1. The highest BCUT2D eigenvalue weighted by atomic mass is 16.3. The second kappa shape index (κ2) is 5.95. The fourth-order valence-electron chi connectivity index (χ4n) is 2.54. The van der Waals surface area contributed by atoms with E-state index >= 15 is 0 Å². The summed E-state index contributed by atoms with van der Waals surface area (Å²) in [5.41, 5.74) is 2.59. The molecular formula is C17H18N2O2. The fourth-order valence-corrected chi connectivity index (χ4v) is 2.54. The second-order valence-electron chi connectivity index (χ2n) is 5.35. The molecule has 2 aromatic rings. The van der Waals surface area contributed by atoms with Gasteiger partial charge in [0.15, 0.2) is 5.89 Å². The molecule has 108 valence electrons. The predicted octanol–water partition coefficient (Wildman–Crippen LogP) is 3.94. The monoisotopic (exact) mass is 282 g/mol. The highest BCUT2D eigenvalue weighted by Crippen LogP contribution is 2.23. The van der Waals surface area contributed by atoms with Gasteiger partial charge in [-0.15, -0.1) is 0 Å². The molecule has 4 nitrogen and oxygen atoms in total. The Kier molecular flexibility index (Phi) is 3.86. The summed E-state index contributed by atoms with van der Waals surface area (Å²) in [6.07, 6.45) is 8.64. The van der Waals surface area contributed by atoms with Crippen LogP contribution in [0.15, 0.2) is 47.1 Å². The Morgan fingerprint density at radius 1 is 1.38 bits per heavy atom. The number of rotatable bonds is 4. The number of carbonyl (C=O) groups is 1. The van der Waals surface area contributed by atoms with E-state index in [-0.39, 0.29) is 5.91 Å². The molecule has 1 aromatic heterocycles. The van der Waals surface area contributed by atoms with Gasteiger partial charge in [-0.1, -0.05) is 24.3 Å². The highest BCUT2D eigenvalue weighted by Gasteiger charge is 2.14. The van der Waals surface area contributed by atoms with E-state index in [9.17, 15) is 4.79 Å². The summed E-state index contributed by atoms with van der Waals surface area (Å²) in [5, 5.41) is 2.94. The van der Waals surface area contributed by atoms with Crippen molar-refractivity contribution in [3.05, 3.63) is 48.6 Å². The number of nitrogens with one attached hydrogen (secondary N) is 1. The molecule has 0 unspecified atom stereocenters. The third-order valence-corrected chi connectivity index (χ3v) is 3.64. The van der Waals surface area contributed by atoms with Gasteiger partial charge in [-0.2, -0.15) is 0 Å². The van der Waals surface area contributed by atoms with Crippen molar-refractivity contribution >= 4 is 11.6 Å². The lowest BCUT2D eigenvalue weighted by Gasteiger charge is -2.09. The Bertz CT molecular complexity index is 656. The number of carbonyl (C=O) groups excluding carboxylic acids is 1. The number of nitrogens with zero attached hydrogens (tertiary/aromatic N) is 1. The standard InChI is InChI=1S/C17H18N2O2/c1-12-18-16(11-21-12)14-6-8-15(9-7-14)19-17(20)10-13-4-2-3-5-13/h2,4,6-9,11,13H,3,5,10H2,1H3,(H,19,20)/t13-/m1/s1. The van der Waals surface area contributed by atoms with Gasteiger partial charge in [0.1, 0.15) is 12.0 Å². The van der Waals surface area contributed by atoms with Gasteiger partial charge >= 0.3 is 0 Å². The summed E-state index contributed by atoms with van der Waals surface area (Å²) in [7, 11) is 0. The van der Waals surface area contributed by atoms with Crippen LogP contribution in [0.4, 0.5) is 5.69 Å². The van der Waals surface area contributed by atoms with Crippen molar-refractivity contribution < 1.29 is 9.21 Å². The van der Waals surface area contributed by atoms with Crippen LogP contribution in [0.3, 0.4) is 0 Å². The lowest BCUT2D eigenvalue weighted by atomic mass is 10.0. The average Bonchev–Trinajstić information content (AvgIpc) is 3.11. The summed E-state index contributed by atoms with van der Waals surface area (Å²) in [4.78, 5) is 16.2. The van der Waals surface area contributed by atoms with Crippen LogP contribution in [0.25, 0.3) is 11.3 Å². The zero-order valence-electron chi connectivity index (χ0n) is 12.0. The maximum atomic E-state index is 12.0. The number of oxazole rings is 1. The molecule has 0 bridgehead atoms. The second-order valence-corrected chi connectivity index (χ2v) is 5.35. The molecule has 0 spiro atoms. The largest absolute Gasteiger partial charge is 0.449 e. The molecule has 1 heterocycles. The molecule has 4 heteroatoms. The molecule has 0 fully saturated rings. The van der Waals surface area contributed by atoms with Crippen molar-refractivity contribution in [2.45, 2.75) is 26.2 Å². The Morgan fingerprint density at radius 2 is 2.19 bits per heavy atom. The maximum absolute atomic E-state index is 12.0. The SMILES string of the molecule is Cc1nc(-c2ccc(NC(=O)C[C@@H]3C=CCC3)cc2)co1. The van der Waals surface area contributed by atoms with Crippen LogP contribution in [-0.4, -0.2) is 10.9 Å². The quantitative estimate of drug-likeness (QED) is 0.864. The minimum absolute atomic E-state index is 0.0663. The van der Waals surface area contributed by atoms with Crippen LogP contribution in [0, 0.1) is 12.8 Å². The molecule has 1 aliphatic rings. The number of hydrogen-bond acceptors (Lipinski definition) is 3. The molecular weight excluding hydrogens is 264 g/mol. The first-order chi connectivity index (χ1) is 10.2. The van der Waals surface area contributed by atoms with Gasteiger partial charge in [0.2, 0.25) is 5.91 Å². The van der Waals surface area contributed by atoms with Crippen molar-refractivity contribution in [2.75, 3.05) is 5.32 Å². The van der Waals surface area contributed by atoms with Gasteiger partial charge in [0.25, 0.3) is 0 Å². The molecule has 21 heavy (non-hydrogen) atoms. The van der Waals surface area contributed by atoms with Crippen LogP contribution in [0.5, 0.6) is 0 Å². The molecule has 1 amide bonds. The first kappa shape index (κ1) is 13.6. The highest BCUT2D eigenvalue weighted by molar-refractivity contribution is 5.91. The smallest absolute Gasteiger partial charge is 0.224 e. The van der Waals surface area contributed by atoms with E-state index in [0.29, 0.717) is 18.2 Å². The zero-order chi connectivity index (χ0) is 14.7. The number of allylic oxidation sites excluding steroid dienone is 2. The van der Waals surface area contributed by atoms with Gasteiger partial charge < -0.3 is 9.73 Å². The third-order valence-electron chi connectivity index (χ3n) is 3.64. The summed E-state index contributed by atoms with van der Waals surface area (Å²) in [6.45, 7) is 1.82. The van der Waals surface area contributed by atoms with Crippen molar-refractivity contribution in [1.29, 1.82) is 0 Å². The average molecular weight is 282 g/mol. The third kappa shape index (κ3) is 3.40. The molecule has 1 atom stereocenters. The number of aromatic nitrogens is 1. The minimum Gasteiger partial charge on any atom is -0.449 e. The van der Waals surface area contributed by atoms with Crippen molar-refractivity contribution in [3.8, 4) is 11.3 Å². The van der Waals surface area contributed by atoms with E-state index in [4.69, 9.17) is 4.42 Å². The molecule has 3 rings (SSSR count). The molecule has 0 radical (unpaired) electrons. The molecule has 0 saturated heterocycles. The van der Waals surface area contributed by atoms with Crippen LogP contribution in [0.1, 0.15) is 25.2 Å². The lowest BCUT2D eigenvalue weighted by molar-refractivity contribution is -0.116. The van der Waals surface area contributed by atoms with Gasteiger partial charge in [-0.3, -0.25) is 4.79 Å². The number of hydrogen-bond donors (Lipinski definition) is 1. The van der Waals surface area contributed by atoms with E-state index in [1.807, 2.05) is 31.2 Å². The van der Waals surface area contributed by atoms with E-state index in [1.165, 1.54) is 0 Å². The maximum Gasteiger partial charge on any atom is 0.224 e. The molecule has 1 aliphatic carbocycles. The number of anilines is 1. The van der Waals surface area contributed by atoms with Crippen LogP contribution < -0.4 is 5.32 Å². The summed E-state index contributed by atoms with van der Waals surface area (Å²) in [5.74, 6) is 1.10. The van der Waals surface area contributed by atoms with Crippen LogP contribution in [-0.2, 0) is 4.79 Å². The fraction of sp³-hybridized carbons (Fsp3) is 0.294. The lowest BCUT2D eigenvalue weighted by Crippen LogP contribution is -2.14. The first-order valence-electron chi connectivity index (χ1n) is 7.20. The molecule has 1 N–H and O–H groups in total. The van der Waals surface area contributed by atoms with E-state index in [0.717, 1.165) is 29.8 Å². The summed E-state index contributed by atoms with van der Waals surface area (Å²) >= 11 is 0. The molecule has 0 saturated carbocycles. The minimum atomic E-state index is 0.0663. The van der Waals surface area contributed by atoms with Gasteiger partial charge in [-0.25, -0.2) is 4.98 Å². The van der Waals surface area contributed by atoms with Crippen LogP contribution >= 0.6 is 0 Å². The first-order valence-corrected chi connectivity index (χ1v) is 7.20. The van der Waals surface area contributed by atoms with Crippen molar-refractivity contribution in [2.24, 2.45) is 5.92 Å². The molecule has 1 aromatic carbocycles. The molecule has 0 aliphatic heterocycles. The van der Waals surface area contributed by atoms with Gasteiger partial charge in [0.05, 0.1) is 0 Å². The summed E-state index contributed by atoms with van der Waals surface area (Å²) in [6, 6.07) is 7.65. The topological polar surface area (TPSA) is 55.1 Å². The number of aryl methyl sites for hydroxylation is 1.